The predicted octanol–water partition coefficient (Wildman–Crippen LogP) is 4.48. The maximum atomic E-state index is 12.3. The Bertz CT molecular complexity index is 828. The maximum Gasteiger partial charge on any atom is 0.228 e. The summed E-state index contributed by atoms with van der Waals surface area (Å²) >= 11 is 6.06. The molecule has 0 aliphatic heterocycles. The molecule has 1 aromatic carbocycles. The van der Waals surface area contributed by atoms with Gasteiger partial charge in [-0.25, -0.2) is 0 Å². The van der Waals surface area contributed by atoms with Crippen LogP contribution < -0.4 is 5.32 Å². The highest BCUT2D eigenvalue weighted by molar-refractivity contribution is 6.31. The van der Waals surface area contributed by atoms with E-state index >= 15 is 0 Å². The Morgan fingerprint density at radius 3 is 2.83 bits per heavy atom. The number of furan rings is 1. The van der Waals surface area contributed by atoms with Crippen molar-refractivity contribution in [2.75, 3.05) is 5.32 Å². The topological polar surface area (TPSA) is 55.1 Å². The van der Waals surface area contributed by atoms with Crippen molar-refractivity contribution in [2.45, 2.75) is 13.3 Å². The Kier molecular flexibility index (Phi) is 4.44. The lowest BCUT2D eigenvalue weighted by Crippen LogP contribution is -2.15. The Hall–Kier alpha value is -2.59. The first-order valence-corrected chi connectivity index (χ1v) is 7.55. The third kappa shape index (κ3) is 3.79. The molecule has 4 nitrogen and oxygen atoms in total. The molecule has 0 aliphatic rings. The van der Waals surface area contributed by atoms with Crippen molar-refractivity contribution >= 4 is 23.2 Å². The quantitative estimate of drug-likeness (QED) is 0.768. The highest BCUT2D eigenvalue weighted by Gasteiger charge is 2.12. The van der Waals surface area contributed by atoms with Gasteiger partial charge in [0, 0.05) is 23.0 Å². The van der Waals surface area contributed by atoms with Gasteiger partial charge in [0.05, 0.1) is 12.1 Å². The van der Waals surface area contributed by atoms with Gasteiger partial charge in [-0.2, -0.15) is 0 Å². The van der Waals surface area contributed by atoms with Gasteiger partial charge in [0.2, 0.25) is 5.91 Å². The molecule has 5 heteroatoms. The molecule has 2 heterocycles. The summed E-state index contributed by atoms with van der Waals surface area (Å²) in [5.74, 6) is 1.36. The number of nitrogens with zero attached hydrogens (tertiary/aromatic N) is 1. The van der Waals surface area contributed by atoms with Gasteiger partial charge >= 0.3 is 0 Å². The molecule has 2 aromatic heterocycles. The third-order valence-electron chi connectivity index (χ3n) is 3.35. The molecular formula is C18H15ClN2O2. The van der Waals surface area contributed by atoms with Crippen molar-refractivity contribution in [3.05, 3.63) is 71.2 Å². The number of halogens is 1. The fourth-order valence-electron chi connectivity index (χ4n) is 2.30. The van der Waals surface area contributed by atoms with Crippen molar-refractivity contribution in [3.8, 4) is 11.3 Å². The minimum atomic E-state index is -0.134. The van der Waals surface area contributed by atoms with Crippen molar-refractivity contribution in [2.24, 2.45) is 0 Å². The smallest absolute Gasteiger partial charge is 0.228 e. The van der Waals surface area contributed by atoms with Gasteiger partial charge in [-0.05, 0) is 48.9 Å². The van der Waals surface area contributed by atoms with Crippen LogP contribution in [0.15, 0.2) is 59.3 Å². The Morgan fingerprint density at radius 1 is 1.26 bits per heavy atom. The number of aromatic nitrogens is 1. The average molecular weight is 327 g/mol. The Labute approximate surface area is 139 Å². The average Bonchev–Trinajstić information content (AvgIpc) is 2.94. The molecule has 23 heavy (non-hydrogen) atoms. The lowest BCUT2D eigenvalue weighted by Gasteiger charge is -2.10. The van der Waals surface area contributed by atoms with Crippen LogP contribution in [0.1, 0.15) is 11.3 Å². The number of aryl methyl sites for hydroxylation is 1. The third-order valence-corrected chi connectivity index (χ3v) is 3.58. The molecule has 0 radical (unpaired) electrons. The number of amides is 1. The maximum absolute atomic E-state index is 12.3. The minimum absolute atomic E-state index is 0.134. The van der Waals surface area contributed by atoms with E-state index in [1.54, 1.807) is 30.6 Å². The molecule has 1 amide bonds. The van der Waals surface area contributed by atoms with E-state index < -0.39 is 0 Å². The van der Waals surface area contributed by atoms with E-state index in [1.807, 2.05) is 31.2 Å². The summed E-state index contributed by atoms with van der Waals surface area (Å²) < 4.78 is 5.65. The molecule has 0 spiro atoms. The Morgan fingerprint density at radius 2 is 2.13 bits per heavy atom. The highest BCUT2D eigenvalue weighted by atomic mass is 35.5. The van der Waals surface area contributed by atoms with Crippen LogP contribution in [-0.4, -0.2) is 10.9 Å². The molecular weight excluding hydrogens is 312 g/mol. The molecule has 0 unspecified atom stereocenters. The van der Waals surface area contributed by atoms with Crippen LogP contribution in [0.25, 0.3) is 11.3 Å². The van der Waals surface area contributed by atoms with Crippen molar-refractivity contribution < 1.29 is 9.21 Å². The SMILES string of the molecule is Cc1ccc(-c2ccc(Cl)cc2NC(=O)Cc2cccnc2)o1. The van der Waals surface area contributed by atoms with Gasteiger partial charge in [-0.3, -0.25) is 9.78 Å². The second-order valence-corrected chi connectivity index (χ2v) is 5.62. The van der Waals surface area contributed by atoms with Crippen LogP contribution in [0.2, 0.25) is 5.02 Å². The normalized spacial score (nSPS) is 10.5. The van der Waals surface area contributed by atoms with Gasteiger partial charge in [0.25, 0.3) is 0 Å². The number of benzene rings is 1. The number of carbonyl (C=O) groups is 1. The fraction of sp³-hybridized carbons (Fsp3) is 0.111. The number of nitrogens with one attached hydrogen (secondary N) is 1. The number of carbonyl (C=O) groups excluding carboxylic acids is 1. The van der Waals surface area contributed by atoms with Gasteiger partial charge in [-0.15, -0.1) is 0 Å². The molecule has 0 saturated carbocycles. The summed E-state index contributed by atoms with van der Waals surface area (Å²) in [6.45, 7) is 1.88. The molecule has 0 atom stereocenters. The van der Waals surface area contributed by atoms with Crippen LogP contribution >= 0.6 is 11.6 Å². The first-order valence-electron chi connectivity index (χ1n) is 7.17. The second-order valence-electron chi connectivity index (χ2n) is 5.19. The summed E-state index contributed by atoms with van der Waals surface area (Å²) in [6.07, 6.45) is 3.60. The number of hydrogen-bond acceptors (Lipinski definition) is 3. The molecule has 1 N–H and O–H groups in total. The molecule has 0 fully saturated rings. The zero-order valence-electron chi connectivity index (χ0n) is 12.5. The summed E-state index contributed by atoms with van der Waals surface area (Å²) in [5.41, 5.74) is 2.27. The van der Waals surface area contributed by atoms with E-state index in [1.165, 1.54) is 0 Å². The van der Waals surface area contributed by atoms with Crippen LogP contribution in [0.5, 0.6) is 0 Å². The molecule has 3 rings (SSSR count). The van der Waals surface area contributed by atoms with Crippen LogP contribution in [0.4, 0.5) is 5.69 Å². The van der Waals surface area contributed by atoms with E-state index in [4.69, 9.17) is 16.0 Å². The Balaban J connectivity index is 1.84. The standard InChI is InChI=1S/C18H15ClN2O2/c1-12-4-7-17(23-12)15-6-5-14(19)10-16(15)21-18(22)9-13-3-2-8-20-11-13/h2-8,10-11H,9H2,1H3,(H,21,22). The monoisotopic (exact) mass is 326 g/mol. The highest BCUT2D eigenvalue weighted by Crippen LogP contribution is 2.32. The van der Waals surface area contributed by atoms with Crippen molar-refractivity contribution in [3.63, 3.8) is 0 Å². The first kappa shape index (κ1) is 15.3. The molecule has 116 valence electrons. The van der Waals surface area contributed by atoms with Crippen LogP contribution in [0.3, 0.4) is 0 Å². The van der Waals surface area contributed by atoms with E-state index in [2.05, 4.69) is 10.3 Å². The van der Waals surface area contributed by atoms with Gasteiger partial charge < -0.3 is 9.73 Å². The summed E-state index contributed by atoms with van der Waals surface area (Å²) in [6, 6.07) is 12.7. The lowest BCUT2D eigenvalue weighted by atomic mass is 10.1. The zero-order valence-corrected chi connectivity index (χ0v) is 13.3. The van der Waals surface area contributed by atoms with Crippen molar-refractivity contribution in [1.29, 1.82) is 0 Å². The van der Waals surface area contributed by atoms with Gasteiger partial charge in [-0.1, -0.05) is 17.7 Å². The molecule has 3 aromatic rings. The van der Waals surface area contributed by atoms with Crippen LogP contribution in [-0.2, 0) is 11.2 Å². The summed E-state index contributed by atoms with van der Waals surface area (Å²) in [5, 5.41) is 3.45. The fourth-order valence-corrected chi connectivity index (χ4v) is 2.47. The number of pyridine rings is 1. The largest absolute Gasteiger partial charge is 0.461 e. The first-order chi connectivity index (χ1) is 11.1. The minimum Gasteiger partial charge on any atom is -0.461 e. The number of anilines is 1. The van der Waals surface area contributed by atoms with Crippen molar-refractivity contribution in [1.82, 2.24) is 4.98 Å². The van der Waals surface area contributed by atoms with Crippen LogP contribution in [0, 0.1) is 6.92 Å². The van der Waals surface area contributed by atoms with E-state index in [0.717, 1.165) is 16.9 Å². The molecule has 0 bridgehead atoms. The number of rotatable bonds is 4. The predicted molar refractivity (Wildman–Crippen MR) is 90.5 cm³/mol. The van der Waals surface area contributed by atoms with E-state index in [9.17, 15) is 4.79 Å². The lowest BCUT2D eigenvalue weighted by molar-refractivity contribution is -0.115. The zero-order chi connectivity index (χ0) is 16.2. The van der Waals surface area contributed by atoms with Gasteiger partial charge in [0.15, 0.2) is 0 Å². The summed E-state index contributed by atoms with van der Waals surface area (Å²) in [7, 11) is 0. The molecule has 0 saturated heterocycles. The molecule has 0 aliphatic carbocycles. The second kappa shape index (κ2) is 6.67. The van der Waals surface area contributed by atoms with Gasteiger partial charge in [0.1, 0.15) is 11.5 Å². The number of hydrogen-bond donors (Lipinski definition) is 1. The van der Waals surface area contributed by atoms with E-state index in [-0.39, 0.29) is 12.3 Å². The van der Waals surface area contributed by atoms with E-state index in [0.29, 0.717) is 16.5 Å². The summed E-state index contributed by atoms with van der Waals surface area (Å²) in [4.78, 5) is 16.3.